The SMILES string of the molecule is CC(C)C[C@@H](NC(=O)[C@@H](CCC(=O)O)NC(=O)[C@H](NC(=O)[C@H](NC(=O)[C@@H](Cc1ccc(O)cc1)N1CC[C@H](N)C1=O)[C@H](C)O)C(C)C)C(=O)N[C@H](C)C(N)=O. The van der Waals surface area contributed by atoms with Crippen molar-refractivity contribution in [1.29, 1.82) is 0 Å². The molecule has 1 aliphatic heterocycles. The fraction of sp³-hybridized carbons (Fsp3) is 0.611. The zero-order valence-corrected chi connectivity index (χ0v) is 32.0. The van der Waals surface area contributed by atoms with E-state index < -0.39 is 114 Å². The number of carbonyl (C=O) groups excluding carboxylic acids is 7. The van der Waals surface area contributed by atoms with Crippen LogP contribution in [0.3, 0.4) is 0 Å². The van der Waals surface area contributed by atoms with Crippen LogP contribution in [0.5, 0.6) is 5.75 Å². The number of benzene rings is 1. The van der Waals surface area contributed by atoms with Crippen molar-refractivity contribution in [2.75, 3.05) is 6.54 Å². The van der Waals surface area contributed by atoms with Crippen LogP contribution >= 0.6 is 0 Å². The number of aliphatic hydroxyl groups excluding tert-OH is 1. The minimum Gasteiger partial charge on any atom is -0.508 e. The fourth-order valence-corrected chi connectivity index (χ4v) is 5.83. The van der Waals surface area contributed by atoms with E-state index >= 15 is 0 Å². The monoisotopic (exact) mass is 776 g/mol. The number of nitrogens with one attached hydrogen (secondary N) is 5. The van der Waals surface area contributed by atoms with Crippen molar-refractivity contribution < 1.29 is 53.7 Å². The van der Waals surface area contributed by atoms with Crippen LogP contribution in [0.1, 0.15) is 72.8 Å². The molecule has 1 fully saturated rings. The van der Waals surface area contributed by atoms with Gasteiger partial charge in [-0.25, -0.2) is 0 Å². The largest absolute Gasteiger partial charge is 0.508 e. The standard InChI is InChI=1S/C36H56N8O11/c1-17(2)15-25(32(51)39-19(5)30(38)49)41-31(50)24(11-12-27(47)48)40-34(53)28(18(3)4)42-35(54)29(20(6)45)43-33(52)26(44-14-13-23(37)36(44)55)16-21-7-9-22(46)10-8-21/h7-10,17-20,23-26,28-29,45-46H,11-16,37H2,1-6H3,(H2,38,49)(H,39,51)(H,40,53)(H,41,50)(H,42,54)(H,43,52)(H,47,48)/t19-,20+,23+,24-,25-,26-,28-,29-/m1/s1. The summed E-state index contributed by atoms with van der Waals surface area (Å²) in [5, 5.41) is 42.0. The molecule has 0 spiro atoms. The molecule has 7 amide bonds. The number of carboxylic acids is 1. The van der Waals surface area contributed by atoms with Crippen molar-refractivity contribution in [2.45, 2.75) is 122 Å². The van der Waals surface area contributed by atoms with Crippen molar-refractivity contribution in [3.05, 3.63) is 29.8 Å². The van der Waals surface area contributed by atoms with Crippen molar-refractivity contribution in [2.24, 2.45) is 23.3 Å². The highest BCUT2D eigenvalue weighted by Gasteiger charge is 2.40. The first-order chi connectivity index (χ1) is 25.6. The van der Waals surface area contributed by atoms with Gasteiger partial charge in [-0.3, -0.25) is 38.4 Å². The highest BCUT2D eigenvalue weighted by Crippen LogP contribution is 2.19. The zero-order chi connectivity index (χ0) is 41.7. The highest BCUT2D eigenvalue weighted by atomic mass is 16.4. The van der Waals surface area contributed by atoms with Crippen LogP contribution in [0.15, 0.2) is 24.3 Å². The van der Waals surface area contributed by atoms with Gasteiger partial charge in [-0.15, -0.1) is 0 Å². The molecule has 1 saturated heterocycles. The predicted octanol–water partition coefficient (Wildman–Crippen LogP) is -2.26. The van der Waals surface area contributed by atoms with Gasteiger partial charge in [0.05, 0.1) is 12.1 Å². The highest BCUT2D eigenvalue weighted by molar-refractivity contribution is 5.97. The maximum atomic E-state index is 13.8. The molecule has 1 aromatic rings. The average Bonchev–Trinajstić information content (AvgIpc) is 3.42. The smallest absolute Gasteiger partial charge is 0.303 e. The molecule has 19 heteroatoms. The molecule has 306 valence electrons. The Balaban J connectivity index is 2.30. The number of likely N-dealkylation sites (tertiary alicyclic amines) is 1. The Kier molecular flexibility index (Phi) is 17.5. The lowest BCUT2D eigenvalue weighted by Gasteiger charge is -2.31. The minimum absolute atomic E-state index is 0.0121. The van der Waals surface area contributed by atoms with Crippen molar-refractivity contribution in [3.63, 3.8) is 0 Å². The van der Waals surface area contributed by atoms with E-state index in [1.807, 2.05) is 0 Å². The van der Waals surface area contributed by atoms with Crippen LogP contribution in [0.25, 0.3) is 0 Å². The van der Waals surface area contributed by atoms with E-state index in [0.29, 0.717) is 5.56 Å². The van der Waals surface area contributed by atoms with Crippen molar-refractivity contribution in [3.8, 4) is 5.75 Å². The summed E-state index contributed by atoms with van der Waals surface area (Å²) >= 11 is 0. The van der Waals surface area contributed by atoms with Crippen LogP contribution in [0.2, 0.25) is 0 Å². The van der Waals surface area contributed by atoms with E-state index in [4.69, 9.17) is 11.5 Å². The van der Waals surface area contributed by atoms with Gasteiger partial charge in [0.25, 0.3) is 0 Å². The Labute approximate surface area is 319 Å². The average molecular weight is 777 g/mol. The first-order valence-corrected chi connectivity index (χ1v) is 18.2. The van der Waals surface area contributed by atoms with Gasteiger partial charge >= 0.3 is 5.97 Å². The normalized spacial score (nSPS) is 18.0. The molecule has 19 nitrogen and oxygen atoms in total. The second-order valence-corrected chi connectivity index (χ2v) is 14.6. The van der Waals surface area contributed by atoms with Gasteiger partial charge in [-0.05, 0) is 62.6 Å². The number of aliphatic carboxylic acids is 1. The number of rotatable bonds is 21. The summed E-state index contributed by atoms with van der Waals surface area (Å²) in [6.07, 6.45) is -2.06. The minimum atomic E-state index is -1.63. The number of aromatic hydroxyl groups is 1. The molecule has 0 aliphatic carbocycles. The molecule has 1 aromatic carbocycles. The van der Waals surface area contributed by atoms with E-state index in [0.717, 1.165) is 0 Å². The number of hydrogen-bond donors (Lipinski definition) is 10. The van der Waals surface area contributed by atoms with Crippen LogP contribution in [0, 0.1) is 11.8 Å². The molecule has 0 bridgehead atoms. The molecule has 1 aliphatic rings. The molecular weight excluding hydrogens is 720 g/mol. The molecule has 0 unspecified atom stereocenters. The Hall–Kier alpha value is -5.30. The molecule has 8 atom stereocenters. The molecule has 12 N–H and O–H groups in total. The van der Waals surface area contributed by atoms with Crippen molar-refractivity contribution >= 4 is 47.3 Å². The Bertz CT molecular complexity index is 1550. The molecule has 1 heterocycles. The lowest BCUT2D eigenvalue weighted by atomic mass is 9.99. The number of nitrogens with zero attached hydrogens (tertiary/aromatic N) is 1. The molecular formula is C36H56N8O11. The van der Waals surface area contributed by atoms with E-state index in [1.54, 1.807) is 39.8 Å². The summed E-state index contributed by atoms with van der Waals surface area (Å²) < 4.78 is 0. The number of nitrogens with two attached hydrogens (primary N) is 2. The first kappa shape index (κ1) is 45.9. The second-order valence-electron chi connectivity index (χ2n) is 14.6. The predicted molar refractivity (Wildman–Crippen MR) is 197 cm³/mol. The van der Waals surface area contributed by atoms with E-state index in [2.05, 4.69) is 26.6 Å². The number of aliphatic hydroxyl groups is 1. The van der Waals surface area contributed by atoms with E-state index in [9.17, 15) is 53.7 Å². The number of carboxylic acid groups (broad SMARTS) is 1. The van der Waals surface area contributed by atoms with Gasteiger partial charge in [0, 0.05) is 19.4 Å². The molecule has 0 aromatic heterocycles. The maximum absolute atomic E-state index is 13.8. The quantitative estimate of drug-likeness (QED) is 0.0633. The summed E-state index contributed by atoms with van der Waals surface area (Å²) in [4.78, 5) is 105. The molecule has 2 rings (SSSR count). The fourth-order valence-electron chi connectivity index (χ4n) is 5.83. The maximum Gasteiger partial charge on any atom is 0.303 e. The summed E-state index contributed by atoms with van der Waals surface area (Å²) in [7, 11) is 0. The lowest BCUT2D eigenvalue weighted by Crippen LogP contribution is -2.62. The van der Waals surface area contributed by atoms with Crippen LogP contribution < -0.4 is 38.1 Å². The molecule has 0 saturated carbocycles. The van der Waals surface area contributed by atoms with Gasteiger partial charge in [-0.1, -0.05) is 39.8 Å². The van der Waals surface area contributed by atoms with Gasteiger partial charge in [0.1, 0.15) is 42.0 Å². The van der Waals surface area contributed by atoms with Crippen molar-refractivity contribution in [1.82, 2.24) is 31.5 Å². The lowest BCUT2D eigenvalue weighted by molar-refractivity contribution is -0.141. The van der Waals surface area contributed by atoms with Crippen LogP contribution in [-0.4, -0.2) is 122 Å². The van der Waals surface area contributed by atoms with Crippen LogP contribution in [-0.2, 0) is 44.8 Å². The number of phenols is 1. The van der Waals surface area contributed by atoms with Gasteiger partial charge < -0.3 is 58.3 Å². The van der Waals surface area contributed by atoms with E-state index in [-0.39, 0.29) is 37.5 Å². The number of hydrogen-bond acceptors (Lipinski definition) is 11. The zero-order valence-electron chi connectivity index (χ0n) is 32.0. The van der Waals surface area contributed by atoms with Crippen LogP contribution in [0.4, 0.5) is 0 Å². The Morgan fingerprint density at radius 3 is 1.84 bits per heavy atom. The summed E-state index contributed by atoms with van der Waals surface area (Å²) in [5.74, 6) is -7.64. The Morgan fingerprint density at radius 1 is 0.800 bits per heavy atom. The first-order valence-electron chi connectivity index (χ1n) is 18.2. The third-order valence-corrected chi connectivity index (χ3v) is 9.04. The third kappa shape index (κ3) is 14.1. The number of primary amides is 1. The third-order valence-electron chi connectivity index (χ3n) is 9.04. The second kappa shape index (κ2) is 21.0. The van der Waals surface area contributed by atoms with E-state index in [1.165, 1.54) is 30.9 Å². The summed E-state index contributed by atoms with van der Waals surface area (Å²) in [5.41, 5.74) is 11.7. The molecule has 0 radical (unpaired) electrons. The number of amides is 7. The van der Waals surface area contributed by atoms with Gasteiger partial charge in [0.2, 0.25) is 41.4 Å². The Morgan fingerprint density at radius 2 is 1.35 bits per heavy atom. The number of carbonyl (C=O) groups is 8. The number of phenolic OH excluding ortho intramolecular Hbond substituents is 1. The summed E-state index contributed by atoms with van der Waals surface area (Å²) in [6, 6.07) is -2.76. The molecule has 55 heavy (non-hydrogen) atoms. The topological polar surface area (TPSA) is 313 Å². The van der Waals surface area contributed by atoms with Gasteiger partial charge in [0.15, 0.2) is 0 Å². The summed E-state index contributed by atoms with van der Waals surface area (Å²) in [6.45, 7) is 9.47. The van der Waals surface area contributed by atoms with Gasteiger partial charge in [-0.2, -0.15) is 0 Å².